The van der Waals surface area contributed by atoms with E-state index in [0.29, 0.717) is 16.9 Å². The summed E-state index contributed by atoms with van der Waals surface area (Å²) in [6.45, 7) is 11.6. The van der Waals surface area contributed by atoms with Crippen LogP contribution < -0.4 is 10.6 Å². The fourth-order valence-corrected chi connectivity index (χ4v) is 2.84. The van der Waals surface area contributed by atoms with Crippen molar-refractivity contribution in [2.24, 2.45) is 10.8 Å². The predicted molar refractivity (Wildman–Crippen MR) is 78.9 cm³/mol. The van der Waals surface area contributed by atoms with Crippen molar-refractivity contribution in [2.75, 3.05) is 5.32 Å². The van der Waals surface area contributed by atoms with Gasteiger partial charge in [0.1, 0.15) is 0 Å². The maximum Gasteiger partial charge on any atom is 0.221 e. The van der Waals surface area contributed by atoms with E-state index in [0.717, 1.165) is 12.2 Å². The Labute approximate surface area is 115 Å². The Morgan fingerprint density at radius 2 is 1.63 bits per heavy atom. The number of hydrogen-bond donors (Lipinski definition) is 2. The molecule has 0 aliphatic heterocycles. The first-order valence-electron chi connectivity index (χ1n) is 6.85. The molecule has 0 atom stereocenters. The third-order valence-electron chi connectivity index (χ3n) is 4.81. The molecule has 0 unspecified atom stereocenters. The second-order valence-electron chi connectivity index (χ2n) is 6.64. The second-order valence-corrected chi connectivity index (χ2v) is 6.64. The molecular formula is C16H24N2O. The minimum atomic E-state index is -0.0349. The van der Waals surface area contributed by atoms with Crippen LogP contribution in [-0.4, -0.2) is 11.9 Å². The van der Waals surface area contributed by atoms with Crippen molar-refractivity contribution in [1.82, 2.24) is 5.32 Å². The van der Waals surface area contributed by atoms with Gasteiger partial charge in [0.25, 0.3) is 0 Å². The van der Waals surface area contributed by atoms with Crippen LogP contribution in [0.4, 0.5) is 5.69 Å². The zero-order chi connectivity index (χ0) is 14.3. The molecule has 0 spiro atoms. The lowest BCUT2D eigenvalue weighted by atomic mass is 10.0. The molecule has 1 saturated carbocycles. The molecule has 0 heterocycles. The highest BCUT2D eigenvalue weighted by Gasteiger charge is 2.64. The summed E-state index contributed by atoms with van der Waals surface area (Å²) in [5.41, 5.74) is 2.82. The number of hydrogen-bond acceptors (Lipinski definition) is 2. The number of nitrogens with one attached hydrogen (secondary N) is 2. The Morgan fingerprint density at radius 3 is 2.05 bits per heavy atom. The largest absolute Gasteiger partial charge is 0.326 e. The monoisotopic (exact) mass is 260 g/mol. The molecule has 19 heavy (non-hydrogen) atoms. The molecule has 1 aromatic rings. The predicted octanol–water partition coefficient (Wildman–Crippen LogP) is 3.17. The van der Waals surface area contributed by atoms with Gasteiger partial charge in [0.15, 0.2) is 0 Å². The number of amides is 1. The molecule has 0 bridgehead atoms. The number of benzene rings is 1. The molecule has 1 aliphatic carbocycles. The van der Waals surface area contributed by atoms with Gasteiger partial charge >= 0.3 is 0 Å². The van der Waals surface area contributed by atoms with Gasteiger partial charge < -0.3 is 10.6 Å². The van der Waals surface area contributed by atoms with Crippen molar-refractivity contribution in [2.45, 2.75) is 47.2 Å². The highest BCUT2D eigenvalue weighted by Crippen LogP contribution is 2.62. The Balaban J connectivity index is 1.90. The first kappa shape index (κ1) is 14.1. The van der Waals surface area contributed by atoms with E-state index in [1.54, 1.807) is 0 Å². The summed E-state index contributed by atoms with van der Waals surface area (Å²) in [7, 11) is 0. The summed E-state index contributed by atoms with van der Waals surface area (Å²) in [6.07, 6.45) is 0. The topological polar surface area (TPSA) is 41.1 Å². The van der Waals surface area contributed by atoms with Crippen LogP contribution in [-0.2, 0) is 11.3 Å². The molecule has 0 radical (unpaired) electrons. The Kier molecular flexibility index (Phi) is 3.43. The van der Waals surface area contributed by atoms with E-state index in [-0.39, 0.29) is 5.91 Å². The van der Waals surface area contributed by atoms with Gasteiger partial charge in [0.05, 0.1) is 0 Å². The first-order valence-corrected chi connectivity index (χ1v) is 6.85. The fourth-order valence-electron chi connectivity index (χ4n) is 2.84. The quantitative estimate of drug-likeness (QED) is 0.873. The van der Waals surface area contributed by atoms with E-state index in [2.05, 4.69) is 50.5 Å². The molecule has 0 aromatic heterocycles. The summed E-state index contributed by atoms with van der Waals surface area (Å²) < 4.78 is 0. The third-order valence-corrected chi connectivity index (χ3v) is 4.81. The Hall–Kier alpha value is -1.35. The SMILES string of the molecule is CC(=O)Nc1ccc(CNC2C(C)(C)C2(C)C)cc1. The van der Waals surface area contributed by atoms with Crippen LogP contribution in [0.15, 0.2) is 24.3 Å². The van der Waals surface area contributed by atoms with Crippen molar-refractivity contribution in [1.29, 1.82) is 0 Å². The van der Waals surface area contributed by atoms with Crippen LogP contribution in [0, 0.1) is 10.8 Å². The lowest BCUT2D eigenvalue weighted by Gasteiger charge is -2.08. The highest BCUT2D eigenvalue weighted by atomic mass is 16.1. The molecule has 2 N–H and O–H groups in total. The van der Waals surface area contributed by atoms with Crippen LogP contribution in [0.2, 0.25) is 0 Å². The van der Waals surface area contributed by atoms with E-state index >= 15 is 0 Å². The molecule has 3 nitrogen and oxygen atoms in total. The molecule has 1 fully saturated rings. The first-order chi connectivity index (χ1) is 8.75. The van der Waals surface area contributed by atoms with Gasteiger partial charge in [-0.1, -0.05) is 39.8 Å². The van der Waals surface area contributed by atoms with Crippen LogP contribution >= 0.6 is 0 Å². The lowest BCUT2D eigenvalue weighted by Crippen LogP contribution is -2.21. The van der Waals surface area contributed by atoms with E-state index in [4.69, 9.17) is 0 Å². The number of anilines is 1. The zero-order valence-electron chi connectivity index (χ0n) is 12.5. The maximum absolute atomic E-state index is 10.9. The summed E-state index contributed by atoms with van der Waals surface area (Å²) in [4.78, 5) is 10.9. The van der Waals surface area contributed by atoms with Crippen LogP contribution in [0.5, 0.6) is 0 Å². The van der Waals surface area contributed by atoms with Crippen molar-refractivity contribution in [3.63, 3.8) is 0 Å². The zero-order valence-corrected chi connectivity index (χ0v) is 12.5. The van der Waals surface area contributed by atoms with E-state index in [9.17, 15) is 4.79 Å². The van der Waals surface area contributed by atoms with Gasteiger partial charge in [-0.05, 0) is 28.5 Å². The van der Waals surface area contributed by atoms with Crippen LogP contribution in [0.25, 0.3) is 0 Å². The average molecular weight is 260 g/mol. The van der Waals surface area contributed by atoms with Crippen LogP contribution in [0.3, 0.4) is 0 Å². The van der Waals surface area contributed by atoms with Gasteiger partial charge in [0.2, 0.25) is 5.91 Å². The van der Waals surface area contributed by atoms with Gasteiger partial charge in [0, 0.05) is 25.2 Å². The van der Waals surface area contributed by atoms with E-state index in [1.807, 2.05) is 12.1 Å². The number of carbonyl (C=O) groups is 1. The van der Waals surface area contributed by atoms with Crippen molar-refractivity contribution in [3.8, 4) is 0 Å². The standard InChI is InChI=1S/C16H24N2O/c1-11(19)18-13-8-6-12(7-9-13)10-17-14-15(2,3)16(14,4)5/h6-9,14,17H,10H2,1-5H3,(H,18,19). The normalized spacial score (nSPS) is 20.1. The molecular weight excluding hydrogens is 236 g/mol. The fraction of sp³-hybridized carbons (Fsp3) is 0.562. The summed E-state index contributed by atoms with van der Waals surface area (Å²) in [5.74, 6) is -0.0349. The maximum atomic E-state index is 10.9. The Bertz CT molecular complexity index is 460. The highest BCUT2D eigenvalue weighted by molar-refractivity contribution is 5.88. The van der Waals surface area contributed by atoms with E-state index < -0.39 is 0 Å². The van der Waals surface area contributed by atoms with Crippen molar-refractivity contribution >= 4 is 11.6 Å². The molecule has 0 saturated heterocycles. The van der Waals surface area contributed by atoms with Crippen molar-refractivity contribution < 1.29 is 4.79 Å². The average Bonchev–Trinajstić information content (AvgIpc) is 2.68. The minimum absolute atomic E-state index is 0.0349. The number of rotatable bonds is 4. The lowest BCUT2D eigenvalue weighted by molar-refractivity contribution is -0.114. The molecule has 1 aromatic carbocycles. The summed E-state index contributed by atoms with van der Waals surface area (Å²) >= 11 is 0. The van der Waals surface area contributed by atoms with Gasteiger partial charge in [-0.3, -0.25) is 4.79 Å². The van der Waals surface area contributed by atoms with E-state index in [1.165, 1.54) is 12.5 Å². The minimum Gasteiger partial charge on any atom is -0.326 e. The third kappa shape index (κ3) is 2.66. The van der Waals surface area contributed by atoms with Crippen molar-refractivity contribution in [3.05, 3.63) is 29.8 Å². The molecule has 2 rings (SSSR count). The summed E-state index contributed by atoms with van der Waals surface area (Å²) in [5, 5.41) is 6.40. The van der Waals surface area contributed by atoms with Gasteiger partial charge in [-0.25, -0.2) is 0 Å². The second kappa shape index (κ2) is 4.64. The number of carbonyl (C=O) groups excluding carboxylic acids is 1. The van der Waals surface area contributed by atoms with Gasteiger partial charge in [-0.2, -0.15) is 0 Å². The van der Waals surface area contributed by atoms with Crippen LogP contribution in [0.1, 0.15) is 40.2 Å². The molecule has 3 heteroatoms. The molecule has 104 valence electrons. The summed E-state index contributed by atoms with van der Waals surface area (Å²) in [6, 6.07) is 8.57. The molecule has 1 aliphatic rings. The smallest absolute Gasteiger partial charge is 0.221 e. The molecule has 1 amide bonds. The Morgan fingerprint density at radius 1 is 1.11 bits per heavy atom. The van der Waals surface area contributed by atoms with Gasteiger partial charge in [-0.15, -0.1) is 0 Å².